The molecule has 1 fully saturated rings. The lowest BCUT2D eigenvalue weighted by molar-refractivity contribution is 0.00578. The van der Waals surface area contributed by atoms with E-state index in [1.807, 2.05) is 73.6 Å². The molecule has 2 atom stereocenters. The van der Waals surface area contributed by atoms with Crippen molar-refractivity contribution < 1.29 is 18.3 Å². The van der Waals surface area contributed by atoms with E-state index in [9.17, 15) is 4.21 Å². The molecule has 1 saturated heterocycles. The van der Waals surface area contributed by atoms with Gasteiger partial charge in [-0.25, -0.2) is 8.93 Å². The minimum Gasteiger partial charge on any atom is -0.496 e. The van der Waals surface area contributed by atoms with Crippen molar-refractivity contribution in [2.24, 2.45) is 0 Å². The van der Waals surface area contributed by atoms with Crippen molar-refractivity contribution >= 4 is 23.6 Å². The van der Waals surface area contributed by atoms with E-state index in [0.717, 1.165) is 16.8 Å². The summed E-state index contributed by atoms with van der Waals surface area (Å²) in [6, 6.07) is 5.79. The average molecular weight is 381 g/mol. The third-order valence-corrected chi connectivity index (χ3v) is 6.77. The standard InChI is InChI=1S/C19H32BNO4S/c1-13(21-26(22)17(2,3)4)15-11-10-14(12-16(15)23-9)20-24-18(5,6)19(7,8)25-20/h10-13,21H,1-9H3/t13-,26?/m0/s1. The first-order valence-electron chi connectivity index (χ1n) is 9.00. The molecule has 1 N–H and O–H groups in total. The Morgan fingerprint density at radius 1 is 1.15 bits per heavy atom. The van der Waals surface area contributed by atoms with Crippen LogP contribution in [-0.2, 0) is 20.3 Å². The first-order valence-corrected chi connectivity index (χ1v) is 10.1. The Hall–Kier alpha value is -0.885. The van der Waals surface area contributed by atoms with Gasteiger partial charge in [0.2, 0.25) is 0 Å². The number of hydrogen-bond donors (Lipinski definition) is 1. The van der Waals surface area contributed by atoms with Gasteiger partial charge in [-0.3, -0.25) is 0 Å². The van der Waals surface area contributed by atoms with E-state index in [4.69, 9.17) is 14.0 Å². The predicted octanol–water partition coefficient (Wildman–Crippen LogP) is 3.11. The summed E-state index contributed by atoms with van der Waals surface area (Å²) in [6.07, 6.45) is 0. The second-order valence-corrected chi connectivity index (χ2v) is 10.8. The molecule has 1 unspecified atom stereocenters. The van der Waals surface area contributed by atoms with Crippen LogP contribution in [0.5, 0.6) is 5.75 Å². The monoisotopic (exact) mass is 381 g/mol. The van der Waals surface area contributed by atoms with Crippen LogP contribution in [0.25, 0.3) is 0 Å². The minimum absolute atomic E-state index is 0.114. The lowest BCUT2D eigenvalue weighted by atomic mass is 9.78. The van der Waals surface area contributed by atoms with Crippen LogP contribution in [0, 0.1) is 0 Å². The molecule has 0 bridgehead atoms. The lowest BCUT2D eigenvalue weighted by Gasteiger charge is -2.32. The largest absolute Gasteiger partial charge is 0.496 e. The summed E-state index contributed by atoms with van der Waals surface area (Å²) in [5.74, 6) is 0.725. The van der Waals surface area contributed by atoms with Crippen LogP contribution >= 0.6 is 0 Å². The zero-order valence-corrected chi connectivity index (χ0v) is 18.2. The Kier molecular flexibility index (Phi) is 5.98. The molecule has 146 valence electrons. The fourth-order valence-electron chi connectivity index (χ4n) is 2.61. The highest BCUT2D eigenvalue weighted by molar-refractivity contribution is 7.84. The number of rotatable bonds is 5. The third-order valence-electron chi connectivity index (χ3n) is 5.09. The predicted molar refractivity (Wildman–Crippen MR) is 108 cm³/mol. The summed E-state index contributed by atoms with van der Waals surface area (Å²) in [7, 11) is 0.0428. The van der Waals surface area contributed by atoms with Gasteiger partial charge < -0.3 is 14.0 Å². The van der Waals surface area contributed by atoms with Crippen molar-refractivity contribution in [3.05, 3.63) is 23.8 Å². The Labute approximate surface area is 160 Å². The van der Waals surface area contributed by atoms with Crippen LogP contribution in [-0.4, -0.2) is 34.4 Å². The highest BCUT2D eigenvalue weighted by Crippen LogP contribution is 2.37. The van der Waals surface area contributed by atoms with Crippen molar-refractivity contribution in [1.82, 2.24) is 4.72 Å². The van der Waals surface area contributed by atoms with Crippen LogP contribution in [0.15, 0.2) is 18.2 Å². The molecule has 0 amide bonds. The first-order chi connectivity index (χ1) is 11.8. The molecule has 2 rings (SSSR count). The van der Waals surface area contributed by atoms with Gasteiger partial charge in [0.15, 0.2) is 0 Å². The summed E-state index contributed by atoms with van der Waals surface area (Å²) < 4.78 is 33.0. The average Bonchev–Trinajstić information content (AvgIpc) is 2.73. The summed E-state index contributed by atoms with van der Waals surface area (Å²) in [4.78, 5) is 0. The molecule has 0 aromatic heterocycles. The fourth-order valence-corrected chi connectivity index (χ4v) is 3.41. The van der Waals surface area contributed by atoms with Gasteiger partial charge in [-0.2, -0.15) is 0 Å². The van der Waals surface area contributed by atoms with E-state index in [1.165, 1.54) is 0 Å². The molecule has 1 heterocycles. The van der Waals surface area contributed by atoms with Gasteiger partial charge in [-0.05, 0) is 66.9 Å². The number of hydrogen-bond acceptors (Lipinski definition) is 4. The molecular weight excluding hydrogens is 349 g/mol. The van der Waals surface area contributed by atoms with Crippen LogP contribution in [0.1, 0.15) is 67.0 Å². The smallest absolute Gasteiger partial charge is 0.494 e. The SMILES string of the molecule is COc1cc(B2OC(C)(C)C(C)(C)O2)ccc1[C@H](C)NS(=O)C(C)(C)C. The van der Waals surface area contributed by atoms with Gasteiger partial charge in [-0.15, -0.1) is 0 Å². The number of ether oxygens (including phenoxy) is 1. The molecule has 26 heavy (non-hydrogen) atoms. The third kappa shape index (κ3) is 4.33. The Morgan fingerprint density at radius 2 is 1.69 bits per heavy atom. The Bertz CT molecular complexity index is 669. The maximum Gasteiger partial charge on any atom is 0.494 e. The number of nitrogens with one attached hydrogen (secondary N) is 1. The molecule has 0 saturated carbocycles. The molecule has 0 radical (unpaired) electrons. The zero-order valence-electron chi connectivity index (χ0n) is 17.4. The van der Waals surface area contributed by atoms with Crippen LogP contribution in [0.4, 0.5) is 0 Å². The summed E-state index contributed by atoms with van der Waals surface area (Å²) in [5, 5.41) is 0. The number of benzene rings is 1. The van der Waals surface area contributed by atoms with Gasteiger partial charge in [0, 0.05) is 11.6 Å². The Balaban J connectivity index is 2.24. The Morgan fingerprint density at radius 3 is 2.15 bits per heavy atom. The molecule has 5 nitrogen and oxygen atoms in total. The maximum absolute atomic E-state index is 12.4. The van der Waals surface area contributed by atoms with Crippen molar-refractivity contribution in [3.8, 4) is 5.75 Å². The van der Waals surface area contributed by atoms with Crippen molar-refractivity contribution in [2.45, 2.75) is 77.4 Å². The highest BCUT2D eigenvalue weighted by Gasteiger charge is 2.51. The van der Waals surface area contributed by atoms with E-state index < -0.39 is 18.1 Å². The highest BCUT2D eigenvalue weighted by atomic mass is 32.2. The maximum atomic E-state index is 12.4. The van der Waals surface area contributed by atoms with E-state index in [-0.39, 0.29) is 22.0 Å². The molecule has 1 aromatic carbocycles. The molecule has 0 spiro atoms. The molecule has 1 aliphatic rings. The number of methoxy groups -OCH3 is 1. The molecular formula is C19H32BNO4S. The molecule has 1 aromatic rings. The zero-order chi connectivity index (χ0) is 19.9. The van der Waals surface area contributed by atoms with E-state index >= 15 is 0 Å². The quantitative estimate of drug-likeness (QED) is 0.797. The van der Waals surface area contributed by atoms with Gasteiger partial charge in [0.25, 0.3) is 0 Å². The van der Waals surface area contributed by atoms with Gasteiger partial charge in [-0.1, -0.05) is 12.1 Å². The molecule has 1 aliphatic heterocycles. The van der Waals surface area contributed by atoms with E-state index in [0.29, 0.717) is 0 Å². The summed E-state index contributed by atoms with van der Waals surface area (Å²) >= 11 is 0. The summed E-state index contributed by atoms with van der Waals surface area (Å²) in [5.41, 5.74) is 1.09. The topological polar surface area (TPSA) is 56.8 Å². The second kappa shape index (κ2) is 7.26. The van der Waals surface area contributed by atoms with Crippen molar-refractivity contribution in [2.75, 3.05) is 7.11 Å². The van der Waals surface area contributed by atoms with E-state index in [1.54, 1.807) is 7.11 Å². The van der Waals surface area contributed by atoms with Gasteiger partial charge >= 0.3 is 7.12 Å². The molecule has 0 aliphatic carbocycles. The first kappa shape index (κ1) is 21.4. The van der Waals surface area contributed by atoms with Crippen LogP contribution in [0.2, 0.25) is 0 Å². The second-order valence-electron chi connectivity index (χ2n) is 8.81. The minimum atomic E-state index is -1.16. The van der Waals surface area contributed by atoms with Crippen molar-refractivity contribution in [3.63, 3.8) is 0 Å². The van der Waals surface area contributed by atoms with Gasteiger partial charge in [0.1, 0.15) is 5.75 Å². The van der Waals surface area contributed by atoms with Gasteiger partial charge in [0.05, 0.1) is 34.0 Å². The van der Waals surface area contributed by atoms with Crippen LogP contribution in [0.3, 0.4) is 0 Å². The molecule has 7 heteroatoms. The van der Waals surface area contributed by atoms with Crippen LogP contribution < -0.4 is 14.9 Å². The normalized spacial score (nSPS) is 21.5. The van der Waals surface area contributed by atoms with E-state index in [2.05, 4.69) is 4.72 Å². The summed E-state index contributed by atoms with van der Waals surface area (Å²) in [6.45, 7) is 16.0. The lowest BCUT2D eigenvalue weighted by Crippen LogP contribution is -2.41. The fraction of sp³-hybridized carbons (Fsp3) is 0.684. The van der Waals surface area contributed by atoms with Crippen molar-refractivity contribution in [1.29, 1.82) is 0 Å².